The van der Waals surface area contributed by atoms with Crippen molar-refractivity contribution >= 4 is 23.2 Å². The van der Waals surface area contributed by atoms with E-state index in [4.69, 9.17) is 11.6 Å². The van der Waals surface area contributed by atoms with E-state index >= 15 is 0 Å². The highest BCUT2D eigenvalue weighted by molar-refractivity contribution is 6.30. The van der Waals surface area contributed by atoms with E-state index in [2.05, 4.69) is 10.5 Å². The van der Waals surface area contributed by atoms with Gasteiger partial charge in [0.1, 0.15) is 5.75 Å². The molecule has 22 heavy (non-hydrogen) atoms. The van der Waals surface area contributed by atoms with Gasteiger partial charge in [-0.25, -0.2) is 5.43 Å². The number of nitrogens with one attached hydrogen (secondary N) is 1. The lowest BCUT2D eigenvalue weighted by Gasteiger charge is -2.06. The van der Waals surface area contributed by atoms with Crippen LogP contribution >= 0.6 is 11.6 Å². The molecular weight excluding hydrogens is 300 g/mol. The molecule has 0 aliphatic rings. The number of phenolic OH excluding ortho intramolecular Hbond substituents is 1. The number of hydrogen-bond acceptors (Lipinski definition) is 3. The molecule has 0 heterocycles. The van der Waals surface area contributed by atoms with Gasteiger partial charge in [-0.15, -0.1) is 0 Å². The predicted molar refractivity (Wildman–Crippen MR) is 88.2 cm³/mol. The number of benzene rings is 2. The number of rotatable bonds is 5. The number of nitrogens with zero attached hydrogens (tertiary/aromatic N) is 1. The summed E-state index contributed by atoms with van der Waals surface area (Å²) in [6.45, 7) is 1.96. The fraction of sp³-hybridized carbons (Fsp3) is 0.176. The molecule has 0 radical (unpaired) electrons. The maximum atomic E-state index is 11.9. The SMILES string of the molecule is CC/C(=N\NC(=O)Cc1ccc(Cl)cc1)c1ccc(O)cc1. The summed E-state index contributed by atoms with van der Waals surface area (Å²) in [5, 5.41) is 14.1. The van der Waals surface area contributed by atoms with Crippen LogP contribution in [0.4, 0.5) is 0 Å². The molecule has 0 bridgehead atoms. The van der Waals surface area contributed by atoms with Crippen molar-refractivity contribution in [3.05, 3.63) is 64.7 Å². The Kier molecular flexibility index (Phi) is 5.55. The van der Waals surface area contributed by atoms with Crippen LogP contribution in [0.3, 0.4) is 0 Å². The lowest BCUT2D eigenvalue weighted by Crippen LogP contribution is -2.21. The highest BCUT2D eigenvalue weighted by Crippen LogP contribution is 2.12. The fourth-order valence-corrected chi connectivity index (χ4v) is 2.08. The minimum absolute atomic E-state index is 0.188. The van der Waals surface area contributed by atoms with Crippen molar-refractivity contribution in [2.45, 2.75) is 19.8 Å². The van der Waals surface area contributed by atoms with Gasteiger partial charge in [0.15, 0.2) is 0 Å². The van der Waals surface area contributed by atoms with Crippen molar-refractivity contribution in [2.75, 3.05) is 0 Å². The highest BCUT2D eigenvalue weighted by atomic mass is 35.5. The van der Waals surface area contributed by atoms with Crippen molar-refractivity contribution in [3.63, 3.8) is 0 Å². The van der Waals surface area contributed by atoms with Crippen LogP contribution in [0.25, 0.3) is 0 Å². The molecule has 4 nitrogen and oxygen atoms in total. The summed E-state index contributed by atoms with van der Waals surface area (Å²) in [4.78, 5) is 11.9. The van der Waals surface area contributed by atoms with Crippen molar-refractivity contribution in [3.8, 4) is 5.75 Å². The Morgan fingerprint density at radius 1 is 1.14 bits per heavy atom. The molecule has 114 valence electrons. The largest absolute Gasteiger partial charge is 0.508 e. The first-order valence-electron chi connectivity index (χ1n) is 6.97. The lowest BCUT2D eigenvalue weighted by molar-refractivity contribution is -0.120. The fourth-order valence-electron chi connectivity index (χ4n) is 1.96. The molecule has 0 saturated carbocycles. The van der Waals surface area contributed by atoms with Gasteiger partial charge >= 0.3 is 0 Å². The monoisotopic (exact) mass is 316 g/mol. The van der Waals surface area contributed by atoms with E-state index in [1.54, 1.807) is 36.4 Å². The van der Waals surface area contributed by atoms with Gasteiger partial charge in [0.25, 0.3) is 0 Å². The second-order valence-corrected chi connectivity index (χ2v) is 5.23. The van der Waals surface area contributed by atoms with Gasteiger partial charge in [0.05, 0.1) is 12.1 Å². The van der Waals surface area contributed by atoms with Crippen LogP contribution in [0.15, 0.2) is 53.6 Å². The zero-order valence-electron chi connectivity index (χ0n) is 12.2. The molecule has 2 rings (SSSR count). The van der Waals surface area contributed by atoms with Crippen LogP contribution in [-0.2, 0) is 11.2 Å². The van der Waals surface area contributed by atoms with Crippen LogP contribution in [0.5, 0.6) is 5.75 Å². The van der Waals surface area contributed by atoms with Gasteiger partial charge in [0.2, 0.25) is 5.91 Å². The second-order valence-electron chi connectivity index (χ2n) is 4.80. The zero-order chi connectivity index (χ0) is 15.9. The normalized spacial score (nSPS) is 11.3. The van der Waals surface area contributed by atoms with Crippen molar-refractivity contribution in [1.82, 2.24) is 5.43 Å². The van der Waals surface area contributed by atoms with Crippen LogP contribution in [0.1, 0.15) is 24.5 Å². The highest BCUT2D eigenvalue weighted by Gasteiger charge is 2.05. The Morgan fingerprint density at radius 2 is 1.77 bits per heavy atom. The number of aromatic hydroxyl groups is 1. The topological polar surface area (TPSA) is 61.7 Å². The third kappa shape index (κ3) is 4.60. The number of phenols is 1. The summed E-state index contributed by atoms with van der Waals surface area (Å²) in [7, 11) is 0. The molecule has 0 saturated heterocycles. The molecule has 0 atom stereocenters. The van der Waals surface area contributed by atoms with Crippen LogP contribution < -0.4 is 5.43 Å². The molecular formula is C17H17ClN2O2. The summed E-state index contributed by atoms with van der Waals surface area (Å²) in [5.74, 6) is 0.0121. The molecule has 0 aliphatic heterocycles. The Hall–Kier alpha value is -2.33. The number of hydrazone groups is 1. The van der Waals surface area contributed by atoms with Gasteiger partial charge in [-0.3, -0.25) is 4.79 Å². The number of halogens is 1. The Balaban J connectivity index is 2.00. The molecule has 0 fully saturated rings. The zero-order valence-corrected chi connectivity index (χ0v) is 13.0. The van der Waals surface area contributed by atoms with Gasteiger partial charge < -0.3 is 5.11 Å². The van der Waals surface area contributed by atoms with Crippen LogP contribution in [0, 0.1) is 0 Å². The average molecular weight is 317 g/mol. The van der Waals surface area contributed by atoms with E-state index in [1.165, 1.54) is 0 Å². The van der Waals surface area contributed by atoms with Crippen molar-refractivity contribution < 1.29 is 9.90 Å². The van der Waals surface area contributed by atoms with Crippen LogP contribution in [-0.4, -0.2) is 16.7 Å². The second kappa shape index (κ2) is 7.61. The Labute approximate surface area is 134 Å². The van der Waals surface area contributed by atoms with Crippen LogP contribution in [0.2, 0.25) is 5.02 Å². The van der Waals surface area contributed by atoms with E-state index in [9.17, 15) is 9.90 Å². The Morgan fingerprint density at radius 3 is 2.36 bits per heavy atom. The van der Waals surface area contributed by atoms with E-state index in [0.717, 1.165) is 16.8 Å². The van der Waals surface area contributed by atoms with Crippen molar-refractivity contribution in [1.29, 1.82) is 0 Å². The summed E-state index contributed by atoms with van der Waals surface area (Å²) in [5.41, 5.74) is 5.06. The quantitative estimate of drug-likeness (QED) is 0.655. The first-order valence-corrected chi connectivity index (χ1v) is 7.35. The first-order chi connectivity index (χ1) is 10.6. The van der Waals surface area contributed by atoms with Gasteiger partial charge in [-0.2, -0.15) is 5.10 Å². The molecule has 0 spiro atoms. The molecule has 0 unspecified atom stereocenters. The van der Waals surface area contributed by atoms with Gasteiger partial charge in [-0.05, 0) is 53.9 Å². The maximum Gasteiger partial charge on any atom is 0.244 e. The molecule has 1 amide bonds. The van der Waals surface area contributed by atoms with E-state index in [0.29, 0.717) is 11.4 Å². The summed E-state index contributed by atoms with van der Waals surface area (Å²) in [6, 6.07) is 13.8. The summed E-state index contributed by atoms with van der Waals surface area (Å²) in [6.07, 6.45) is 0.916. The molecule has 0 aliphatic carbocycles. The molecule has 2 N–H and O–H groups in total. The van der Waals surface area contributed by atoms with Gasteiger partial charge in [0, 0.05) is 5.02 Å². The number of hydrogen-bond donors (Lipinski definition) is 2. The average Bonchev–Trinajstić information content (AvgIpc) is 2.52. The lowest BCUT2D eigenvalue weighted by atomic mass is 10.1. The van der Waals surface area contributed by atoms with Gasteiger partial charge in [-0.1, -0.05) is 30.7 Å². The maximum absolute atomic E-state index is 11.9. The summed E-state index contributed by atoms with van der Waals surface area (Å²) >= 11 is 5.81. The Bertz CT molecular complexity index is 664. The predicted octanol–water partition coefficient (Wildman–Crippen LogP) is 3.52. The molecule has 2 aromatic carbocycles. The van der Waals surface area contributed by atoms with E-state index in [1.807, 2.05) is 19.1 Å². The third-order valence-corrected chi connectivity index (χ3v) is 3.38. The first kappa shape index (κ1) is 16.0. The molecule has 5 heteroatoms. The number of carbonyl (C=O) groups excluding carboxylic acids is 1. The standard InChI is InChI=1S/C17H17ClN2O2/c1-2-16(13-5-9-15(21)10-6-13)19-20-17(22)11-12-3-7-14(18)8-4-12/h3-10,21H,2,11H2,1H3,(H,20,22)/b19-16+. The smallest absolute Gasteiger partial charge is 0.244 e. The minimum Gasteiger partial charge on any atom is -0.508 e. The number of carbonyl (C=O) groups is 1. The summed E-state index contributed by atoms with van der Waals surface area (Å²) < 4.78 is 0. The third-order valence-electron chi connectivity index (χ3n) is 3.13. The molecule has 2 aromatic rings. The number of amides is 1. The van der Waals surface area contributed by atoms with E-state index in [-0.39, 0.29) is 18.1 Å². The van der Waals surface area contributed by atoms with Crippen molar-refractivity contribution in [2.24, 2.45) is 5.10 Å². The minimum atomic E-state index is -0.188. The molecule has 0 aromatic heterocycles. The van der Waals surface area contributed by atoms with E-state index < -0.39 is 0 Å².